The fourth-order valence-electron chi connectivity index (χ4n) is 0.982. The molecule has 1 rings (SSSR count). The molecule has 0 fully saturated rings. The van der Waals surface area contributed by atoms with Crippen LogP contribution in [0.15, 0.2) is 36.4 Å². The molecular weight excluding hydrogens is 148 g/mol. The maximum atomic E-state index is 8.46. The molecule has 2 heteroatoms. The fraction of sp³-hybridized carbons (Fsp3) is 0.100. The molecule has 0 aliphatic rings. The lowest BCUT2D eigenvalue weighted by molar-refractivity contribution is 1.13. The largest absolute Gasteiger partial charge is 0.387 e. The van der Waals surface area contributed by atoms with Crippen molar-refractivity contribution < 1.29 is 0 Å². The Labute approximate surface area is 72.1 Å². The summed E-state index contributed by atoms with van der Waals surface area (Å²) in [5, 5.41) is 11.4. The van der Waals surface area contributed by atoms with E-state index in [1.807, 2.05) is 36.4 Å². The molecule has 0 saturated heterocycles. The van der Waals surface area contributed by atoms with Crippen molar-refractivity contribution in [3.05, 3.63) is 42.0 Å². The molecule has 0 aliphatic heterocycles. The Morgan fingerprint density at radius 2 is 2.08 bits per heavy atom. The number of allylic oxidation sites excluding steroid dienone is 1. The second kappa shape index (κ2) is 4.20. The molecule has 1 aromatic carbocycles. The van der Waals surface area contributed by atoms with Crippen LogP contribution in [0.3, 0.4) is 0 Å². The van der Waals surface area contributed by atoms with Crippen LogP contribution in [0.5, 0.6) is 0 Å². The SMILES string of the molecule is CN/C(=C/C#N)c1ccccc1. The van der Waals surface area contributed by atoms with Crippen LogP contribution >= 0.6 is 0 Å². The third-order valence-corrected chi connectivity index (χ3v) is 1.56. The lowest BCUT2D eigenvalue weighted by Crippen LogP contribution is -2.03. The Bertz CT molecular complexity index is 306. The molecule has 0 aromatic heterocycles. The summed E-state index contributed by atoms with van der Waals surface area (Å²) in [6.45, 7) is 0. The van der Waals surface area contributed by atoms with E-state index in [1.165, 1.54) is 6.08 Å². The maximum Gasteiger partial charge on any atom is 0.0933 e. The zero-order chi connectivity index (χ0) is 8.81. The molecule has 1 N–H and O–H groups in total. The molecule has 0 aliphatic carbocycles. The average Bonchev–Trinajstić information content (AvgIpc) is 2.15. The van der Waals surface area contributed by atoms with Crippen molar-refractivity contribution in [1.82, 2.24) is 5.32 Å². The molecule has 0 saturated carbocycles. The van der Waals surface area contributed by atoms with E-state index in [2.05, 4.69) is 5.32 Å². The minimum atomic E-state index is 0.845. The van der Waals surface area contributed by atoms with E-state index >= 15 is 0 Å². The van der Waals surface area contributed by atoms with Crippen LogP contribution in [-0.2, 0) is 0 Å². The smallest absolute Gasteiger partial charge is 0.0933 e. The van der Waals surface area contributed by atoms with Gasteiger partial charge in [-0.15, -0.1) is 0 Å². The van der Waals surface area contributed by atoms with Gasteiger partial charge < -0.3 is 5.32 Å². The fourth-order valence-corrected chi connectivity index (χ4v) is 0.982. The highest BCUT2D eigenvalue weighted by atomic mass is 14.8. The molecule has 0 amide bonds. The van der Waals surface area contributed by atoms with E-state index in [0.717, 1.165) is 11.3 Å². The number of hydrogen-bond donors (Lipinski definition) is 1. The van der Waals surface area contributed by atoms with Gasteiger partial charge in [0.25, 0.3) is 0 Å². The van der Waals surface area contributed by atoms with Gasteiger partial charge in [-0.05, 0) is 5.56 Å². The van der Waals surface area contributed by atoms with Crippen LogP contribution < -0.4 is 5.32 Å². The van der Waals surface area contributed by atoms with E-state index in [4.69, 9.17) is 5.26 Å². The summed E-state index contributed by atoms with van der Waals surface area (Å²) in [4.78, 5) is 0. The lowest BCUT2D eigenvalue weighted by Gasteiger charge is -2.03. The van der Waals surface area contributed by atoms with Gasteiger partial charge in [-0.1, -0.05) is 30.3 Å². The third-order valence-electron chi connectivity index (χ3n) is 1.56. The van der Waals surface area contributed by atoms with Gasteiger partial charge in [0.2, 0.25) is 0 Å². The second-order valence-corrected chi connectivity index (χ2v) is 2.30. The predicted molar refractivity (Wildman–Crippen MR) is 49.1 cm³/mol. The van der Waals surface area contributed by atoms with E-state index in [0.29, 0.717) is 0 Å². The van der Waals surface area contributed by atoms with Gasteiger partial charge in [-0.3, -0.25) is 0 Å². The topological polar surface area (TPSA) is 35.8 Å². The first kappa shape index (κ1) is 8.35. The Balaban J connectivity index is 2.98. The first-order valence-electron chi connectivity index (χ1n) is 3.71. The van der Waals surface area contributed by atoms with Gasteiger partial charge in [-0.25, -0.2) is 0 Å². The Kier molecular flexibility index (Phi) is 2.92. The second-order valence-electron chi connectivity index (χ2n) is 2.30. The Morgan fingerprint density at radius 1 is 1.42 bits per heavy atom. The molecule has 1 aromatic rings. The molecular formula is C10H10N2. The average molecular weight is 158 g/mol. The number of benzene rings is 1. The van der Waals surface area contributed by atoms with E-state index in [-0.39, 0.29) is 0 Å². The van der Waals surface area contributed by atoms with Gasteiger partial charge in [0.1, 0.15) is 0 Å². The number of rotatable bonds is 2. The van der Waals surface area contributed by atoms with Crippen LogP contribution in [0, 0.1) is 11.3 Å². The van der Waals surface area contributed by atoms with Crippen LogP contribution in [-0.4, -0.2) is 7.05 Å². The zero-order valence-corrected chi connectivity index (χ0v) is 6.91. The summed E-state index contributed by atoms with van der Waals surface area (Å²) in [6, 6.07) is 11.7. The summed E-state index contributed by atoms with van der Waals surface area (Å²) in [5.74, 6) is 0. The van der Waals surface area contributed by atoms with Gasteiger partial charge in [0.05, 0.1) is 11.8 Å². The number of hydrogen-bond acceptors (Lipinski definition) is 2. The highest BCUT2D eigenvalue weighted by Crippen LogP contribution is 2.08. The van der Waals surface area contributed by atoms with Crippen molar-refractivity contribution in [3.63, 3.8) is 0 Å². The van der Waals surface area contributed by atoms with Crippen LogP contribution in [0.25, 0.3) is 5.70 Å². The molecule has 12 heavy (non-hydrogen) atoms. The van der Waals surface area contributed by atoms with Crippen LogP contribution in [0.2, 0.25) is 0 Å². The monoisotopic (exact) mass is 158 g/mol. The van der Waals surface area contributed by atoms with E-state index < -0.39 is 0 Å². The van der Waals surface area contributed by atoms with Crippen molar-refractivity contribution in [2.45, 2.75) is 0 Å². The van der Waals surface area contributed by atoms with Crippen LogP contribution in [0.1, 0.15) is 5.56 Å². The Hall–Kier alpha value is -1.75. The minimum absolute atomic E-state index is 0.845. The standard InChI is InChI=1S/C10H10N2/c1-12-10(7-8-11)9-5-3-2-4-6-9/h2-7,12H,1H3/b10-7+. The molecule has 2 nitrogen and oxygen atoms in total. The van der Waals surface area contributed by atoms with Crippen molar-refractivity contribution in [3.8, 4) is 6.07 Å². The molecule has 0 radical (unpaired) electrons. The molecule has 0 unspecified atom stereocenters. The summed E-state index contributed by atoms with van der Waals surface area (Å²) in [5.41, 5.74) is 1.87. The third kappa shape index (κ3) is 1.86. The van der Waals surface area contributed by atoms with Crippen LogP contribution in [0.4, 0.5) is 0 Å². The normalized spacial score (nSPS) is 10.5. The zero-order valence-electron chi connectivity index (χ0n) is 6.91. The first-order chi connectivity index (χ1) is 5.88. The van der Waals surface area contributed by atoms with Crippen molar-refractivity contribution in [2.24, 2.45) is 0 Å². The highest BCUT2D eigenvalue weighted by molar-refractivity contribution is 5.65. The number of nitrogens with zero attached hydrogens (tertiary/aromatic N) is 1. The summed E-state index contributed by atoms with van der Waals surface area (Å²) >= 11 is 0. The molecule has 0 heterocycles. The molecule has 0 atom stereocenters. The van der Waals surface area contributed by atoms with Gasteiger partial charge in [-0.2, -0.15) is 5.26 Å². The van der Waals surface area contributed by atoms with Crippen molar-refractivity contribution in [2.75, 3.05) is 7.05 Å². The molecule has 60 valence electrons. The highest BCUT2D eigenvalue weighted by Gasteiger charge is 1.95. The van der Waals surface area contributed by atoms with Gasteiger partial charge in [0.15, 0.2) is 0 Å². The molecule has 0 spiro atoms. The Morgan fingerprint density at radius 3 is 2.58 bits per heavy atom. The van der Waals surface area contributed by atoms with Crippen molar-refractivity contribution in [1.29, 1.82) is 5.26 Å². The minimum Gasteiger partial charge on any atom is -0.387 e. The lowest BCUT2D eigenvalue weighted by atomic mass is 10.1. The maximum absolute atomic E-state index is 8.46. The summed E-state index contributed by atoms with van der Waals surface area (Å²) < 4.78 is 0. The van der Waals surface area contributed by atoms with E-state index in [1.54, 1.807) is 7.05 Å². The van der Waals surface area contributed by atoms with Gasteiger partial charge >= 0.3 is 0 Å². The first-order valence-corrected chi connectivity index (χ1v) is 3.71. The van der Waals surface area contributed by atoms with Crippen molar-refractivity contribution >= 4 is 5.70 Å². The molecule has 0 bridgehead atoms. The predicted octanol–water partition coefficient (Wildman–Crippen LogP) is 1.77. The number of nitrogens with one attached hydrogen (secondary N) is 1. The summed E-state index contributed by atoms with van der Waals surface area (Å²) in [6.07, 6.45) is 1.50. The summed E-state index contributed by atoms with van der Waals surface area (Å²) in [7, 11) is 1.80. The van der Waals surface area contributed by atoms with Gasteiger partial charge in [0, 0.05) is 13.1 Å². The van der Waals surface area contributed by atoms with E-state index in [9.17, 15) is 0 Å². The quantitative estimate of drug-likeness (QED) is 0.666. The number of nitriles is 1.